The summed E-state index contributed by atoms with van der Waals surface area (Å²) in [6.07, 6.45) is 4.28. The number of benzene rings is 1. The van der Waals surface area contributed by atoms with Crippen LogP contribution in [0.2, 0.25) is 5.02 Å². The molecule has 1 atom stereocenters. The molecule has 128 valence electrons. The molecule has 0 saturated carbocycles. The van der Waals surface area contributed by atoms with Gasteiger partial charge in [0.25, 0.3) is 0 Å². The molecule has 1 aromatic heterocycles. The number of carbonyl (C=O) groups is 1. The fraction of sp³-hybridized carbons (Fsp3) is 0.444. The van der Waals surface area contributed by atoms with Crippen molar-refractivity contribution in [1.29, 1.82) is 0 Å². The van der Waals surface area contributed by atoms with Crippen LogP contribution < -0.4 is 4.90 Å². The minimum absolute atomic E-state index is 0.145. The van der Waals surface area contributed by atoms with Crippen molar-refractivity contribution in [2.45, 2.75) is 32.4 Å². The summed E-state index contributed by atoms with van der Waals surface area (Å²) in [5.41, 5.74) is 3.51. The average Bonchev–Trinajstić information content (AvgIpc) is 3.12. The highest BCUT2D eigenvalue weighted by atomic mass is 35.5. The number of imidazole rings is 1. The molecule has 1 amide bonds. The fourth-order valence-electron chi connectivity index (χ4n) is 3.28. The monoisotopic (exact) mass is 346 g/mol. The van der Waals surface area contributed by atoms with E-state index in [1.807, 2.05) is 24.7 Å². The van der Waals surface area contributed by atoms with Crippen LogP contribution in [0.25, 0.3) is 0 Å². The molecule has 5 nitrogen and oxygen atoms in total. The second-order valence-electron chi connectivity index (χ2n) is 6.44. The smallest absolute Gasteiger partial charge is 0.222 e. The quantitative estimate of drug-likeness (QED) is 0.835. The summed E-state index contributed by atoms with van der Waals surface area (Å²) in [6.45, 7) is 4.62. The van der Waals surface area contributed by atoms with Gasteiger partial charge in [0.05, 0.1) is 18.6 Å². The normalized spacial score (nSPS) is 16.3. The van der Waals surface area contributed by atoms with E-state index in [-0.39, 0.29) is 11.8 Å². The minimum atomic E-state index is 0.145. The highest BCUT2D eigenvalue weighted by Gasteiger charge is 2.31. The van der Waals surface area contributed by atoms with E-state index in [1.54, 1.807) is 19.0 Å². The first kappa shape index (κ1) is 16.8. The SMILES string of the molecule is CCn1cncc1CN1CC(CC(=O)N(C)C)c2cc(Cl)ccc21. The lowest BCUT2D eigenvalue weighted by molar-refractivity contribution is -0.129. The molecule has 24 heavy (non-hydrogen) atoms. The summed E-state index contributed by atoms with van der Waals surface area (Å²) in [7, 11) is 3.60. The van der Waals surface area contributed by atoms with Crippen LogP contribution in [0.1, 0.15) is 30.5 Å². The molecule has 1 unspecified atom stereocenters. The Labute approximate surface area is 147 Å². The molecule has 0 radical (unpaired) electrons. The molecular weight excluding hydrogens is 324 g/mol. The lowest BCUT2D eigenvalue weighted by Gasteiger charge is -2.21. The van der Waals surface area contributed by atoms with Crippen molar-refractivity contribution in [1.82, 2.24) is 14.5 Å². The van der Waals surface area contributed by atoms with Crippen LogP contribution in [0, 0.1) is 0 Å². The van der Waals surface area contributed by atoms with Gasteiger partial charge in [-0.15, -0.1) is 0 Å². The summed E-state index contributed by atoms with van der Waals surface area (Å²) >= 11 is 6.20. The Balaban J connectivity index is 1.86. The number of hydrogen-bond donors (Lipinski definition) is 0. The maximum absolute atomic E-state index is 12.2. The Kier molecular flexibility index (Phi) is 4.81. The molecule has 0 spiro atoms. The first-order valence-electron chi connectivity index (χ1n) is 8.23. The van der Waals surface area contributed by atoms with Crippen LogP contribution in [-0.2, 0) is 17.9 Å². The Morgan fingerprint density at radius 1 is 1.42 bits per heavy atom. The van der Waals surface area contributed by atoms with Crippen molar-refractivity contribution >= 4 is 23.2 Å². The van der Waals surface area contributed by atoms with E-state index in [9.17, 15) is 4.79 Å². The lowest BCUT2D eigenvalue weighted by atomic mass is 9.97. The van der Waals surface area contributed by atoms with E-state index in [4.69, 9.17) is 11.6 Å². The zero-order valence-corrected chi connectivity index (χ0v) is 15.1. The van der Waals surface area contributed by atoms with E-state index in [0.29, 0.717) is 6.42 Å². The Morgan fingerprint density at radius 2 is 2.21 bits per heavy atom. The molecule has 0 fully saturated rings. The van der Waals surface area contributed by atoms with Crippen LogP contribution in [-0.4, -0.2) is 41.0 Å². The highest BCUT2D eigenvalue weighted by molar-refractivity contribution is 6.30. The summed E-state index contributed by atoms with van der Waals surface area (Å²) in [6, 6.07) is 5.98. The predicted octanol–water partition coefficient (Wildman–Crippen LogP) is 3.14. The molecule has 0 N–H and O–H groups in total. The zero-order chi connectivity index (χ0) is 17.3. The van der Waals surface area contributed by atoms with Gasteiger partial charge in [0.1, 0.15) is 0 Å². The Morgan fingerprint density at radius 3 is 2.92 bits per heavy atom. The number of aryl methyl sites for hydroxylation is 1. The minimum Gasteiger partial charge on any atom is -0.365 e. The number of rotatable bonds is 5. The average molecular weight is 347 g/mol. The van der Waals surface area contributed by atoms with Crippen LogP contribution in [0.15, 0.2) is 30.7 Å². The Hall–Kier alpha value is -2.01. The Bertz CT molecular complexity index is 740. The van der Waals surface area contributed by atoms with E-state index in [1.165, 1.54) is 16.9 Å². The molecule has 1 aliphatic rings. The van der Waals surface area contributed by atoms with Crippen molar-refractivity contribution in [3.8, 4) is 0 Å². The van der Waals surface area contributed by atoms with E-state index >= 15 is 0 Å². The number of nitrogens with zero attached hydrogens (tertiary/aromatic N) is 4. The fourth-order valence-corrected chi connectivity index (χ4v) is 3.46. The van der Waals surface area contributed by atoms with E-state index in [2.05, 4.69) is 27.4 Å². The standard InChI is InChI=1S/C18H23ClN4O/c1-4-22-12-20-9-15(22)11-23-10-13(7-18(24)21(2)3)16-8-14(19)5-6-17(16)23/h5-6,8-9,12-13H,4,7,10-11H2,1-3H3. The van der Waals surface area contributed by atoms with Gasteiger partial charge < -0.3 is 14.4 Å². The molecule has 2 heterocycles. The highest BCUT2D eigenvalue weighted by Crippen LogP contribution is 2.40. The lowest BCUT2D eigenvalue weighted by Crippen LogP contribution is -2.27. The second kappa shape index (κ2) is 6.85. The zero-order valence-electron chi connectivity index (χ0n) is 14.4. The molecular formula is C18H23ClN4O. The third-order valence-electron chi connectivity index (χ3n) is 4.62. The largest absolute Gasteiger partial charge is 0.365 e. The van der Waals surface area contributed by atoms with Crippen molar-refractivity contribution < 1.29 is 4.79 Å². The topological polar surface area (TPSA) is 41.4 Å². The molecule has 0 aliphatic carbocycles. The number of halogens is 1. The number of amides is 1. The van der Waals surface area contributed by atoms with Crippen LogP contribution >= 0.6 is 11.6 Å². The molecule has 1 aromatic carbocycles. The summed E-state index contributed by atoms with van der Waals surface area (Å²) in [5.74, 6) is 0.318. The van der Waals surface area contributed by atoms with Crippen molar-refractivity contribution in [2.24, 2.45) is 0 Å². The second-order valence-corrected chi connectivity index (χ2v) is 6.88. The van der Waals surface area contributed by atoms with Gasteiger partial charge in [-0.2, -0.15) is 0 Å². The number of fused-ring (bicyclic) bond motifs is 1. The van der Waals surface area contributed by atoms with Crippen molar-refractivity contribution in [3.63, 3.8) is 0 Å². The van der Waals surface area contributed by atoms with Crippen molar-refractivity contribution in [3.05, 3.63) is 47.0 Å². The maximum Gasteiger partial charge on any atom is 0.222 e. The molecule has 0 bridgehead atoms. The van der Waals surface area contributed by atoms with E-state index < -0.39 is 0 Å². The molecule has 2 aromatic rings. The first-order valence-corrected chi connectivity index (χ1v) is 8.61. The molecule has 3 rings (SSSR count). The van der Waals surface area contributed by atoms with Gasteiger partial charge in [0.2, 0.25) is 5.91 Å². The molecule has 6 heteroatoms. The van der Waals surface area contributed by atoms with Gasteiger partial charge in [0, 0.05) is 56.4 Å². The van der Waals surface area contributed by atoms with Gasteiger partial charge in [-0.3, -0.25) is 4.79 Å². The van der Waals surface area contributed by atoms with Crippen LogP contribution in [0.3, 0.4) is 0 Å². The van der Waals surface area contributed by atoms with Gasteiger partial charge >= 0.3 is 0 Å². The third-order valence-corrected chi connectivity index (χ3v) is 4.86. The van der Waals surface area contributed by atoms with Crippen molar-refractivity contribution in [2.75, 3.05) is 25.5 Å². The van der Waals surface area contributed by atoms with Gasteiger partial charge in [-0.05, 0) is 30.7 Å². The summed E-state index contributed by atoms with van der Waals surface area (Å²) < 4.78 is 2.15. The number of hydrogen-bond acceptors (Lipinski definition) is 3. The van der Waals surface area contributed by atoms with Crippen LogP contribution in [0.4, 0.5) is 5.69 Å². The summed E-state index contributed by atoms with van der Waals surface area (Å²) in [4.78, 5) is 20.4. The predicted molar refractivity (Wildman–Crippen MR) is 96.5 cm³/mol. The van der Waals surface area contributed by atoms with Gasteiger partial charge in [0.15, 0.2) is 0 Å². The number of carbonyl (C=O) groups excluding carboxylic acids is 1. The van der Waals surface area contributed by atoms with E-state index in [0.717, 1.165) is 24.7 Å². The number of anilines is 1. The maximum atomic E-state index is 12.2. The summed E-state index contributed by atoms with van der Waals surface area (Å²) in [5, 5.41) is 0.719. The van der Waals surface area contributed by atoms with Gasteiger partial charge in [-0.25, -0.2) is 4.98 Å². The molecule has 1 aliphatic heterocycles. The van der Waals surface area contributed by atoms with Crippen LogP contribution in [0.5, 0.6) is 0 Å². The number of aromatic nitrogens is 2. The molecule has 0 saturated heterocycles. The third kappa shape index (κ3) is 3.26. The van der Waals surface area contributed by atoms with Gasteiger partial charge in [-0.1, -0.05) is 11.6 Å². The first-order chi connectivity index (χ1) is 11.5.